The maximum absolute atomic E-state index is 11.6. The summed E-state index contributed by atoms with van der Waals surface area (Å²) in [5.74, 6) is 0.0450. The molecule has 100 valence electrons. The van der Waals surface area contributed by atoms with Crippen LogP contribution in [0.2, 0.25) is 0 Å². The first-order chi connectivity index (χ1) is 8.01. The number of carbonyl (C=O) groups excluding carboxylic acids is 2. The van der Waals surface area contributed by atoms with E-state index in [1.807, 2.05) is 13.8 Å². The molecule has 0 spiro atoms. The highest BCUT2D eigenvalue weighted by Crippen LogP contribution is 2.06. The molecular weight excluding hydrogens is 246 g/mol. The van der Waals surface area contributed by atoms with Crippen LogP contribution in [0.3, 0.4) is 0 Å². The van der Waals surface area contributed by atoms with Crippen molar-refractivity contribution in [1.82, 2.24) is 5.32 Å². The zero-order chi connectivity index (χ0) is 13.3. The Morgan fingerprint density at radius 2 is 1.94 bits per heavy atom. The molecule has 0 aliphatic carbocycles. The summed E-state index contributed by atoms with van der Waals surface area (Å²) < 4.78 is 9.62. The first kappa shape index (κ1) is 16.0. The molecule has 0 aliphatic heterocycles. The van der Waals surface area contributed by atoms with Crippen LogP contribution in [0.4, 0.5) is 4.79 Å². The highest BCUT2D eigenvalue weighted by atomic mass is 35.5. The molecule has 1 unspecified atom stereocenters. The smallest absolute Gasteiger partial charge is 0.407 e. The third-order valence-electron chi connectivity index (χ3n) is 1.88. The van der Waals surface area contributed by atoms with E-state index >= 15 is 0 Å². The number of hydrogen-bond donors (Lipinski definition) is 1. The van der Waals surface area contributed by atoms with Crippen LogP contribution in [0.5, 0.6) is 0 Å². The molecule has 0 aliphatic rings. The quantitative estimate of drug-likeness (QED) is 0.564. The minimum absolute atomic E-state index is 0.116. The van der Waals surface area contributed by atoms with Gasteiger partial charge in [0.1, 0.15) is 12.6 Å². The van der Waals surface area contributed by atoms with Gasteiger partial charge in [-0.05, 0) is 19.3 Å². The lowest BCUT2D eigenvalue weighted by atomic mass is 10.0. The Bertz CT molecular complexity index is 246. The summed E-state index contributed by atoms with van der Waals surface area (Å²) in [5, 5.41) is 2.47. The minimum atomic E-state index is -0.669. The van der Waals surface area contributed by atoms with Gasteiger partial charge in [0.05, 0.1) is 12.5 Å². The van der Waals surface area contributed by atoms with Gasteiger partial charge in [-0.2, -0.15) is 0 Å². The van der Waals surface area contributed by atoms with Crippen molar-refractivity contribution < 1.29 is 19.1 Å². The van der Waals surface area contributed by atoms with Crippen molar-refractivity contribution >= 4 is 23.7 Å². The van der Waals surface area contributed by atoms with Crippen molar-refractivity contribution in [3.63, 3.8) is 0 Å². The topological polar surface area (TPSA) is 64.6 Å². The van der Waals surface area contributed by atoms with Crippen LogP contribution >= 0.6 is 11.6 Å². The number of amides is 1. The van der Waals surface area contributed by atoms with Gasteiger partial charge in [-0.1, -0.05) is 13.8 Å². The molecule has 0 bridgehead atoms. The molecule has 0 heterocycles. The summed E-state index contributed by atoms with van der Waals surface area (Å²) in [6.07, 6.45) is -0.140. The van der Waals surface area contributed by atoms with E-state index in [0.717, 1.165) is 0 Å². The molecule has 1 amide bonds. The van der Waals surface area contributed by atoms with Gasteiger partial charge in [-0.3, -0.25) is 0 Å². The molecule has 5 nitrogen and oxygen atoms in total. The fraction of sp³-hybridized carbons (Fsp3) is 0.818. The second kappa shape index (κ2) is 9.10. The maximum Gasteiger partial charge on any atom is 0.407 e. The predicted octanol–water partition coefficient (Wildman–Crippen LogP) is 1.93. The Balaban J connectivity index is 4.27. The zero-order valence-corrected chi connectivity index (χ0v) is 11.3. The van der Waals surface area contributed by atoms with Gasteiger partial charge < -0.3 is 14.8 Å². The van der Waals surface area contributed by atoms with Crippen molar-refractivity contribution in [2.45, 2.75) is 33.2 Å². The molecule has 0 fully saturated rings. The molecule has 1 N–H and O–H groups in total. The number of alkyl carbamates (subject to hydrolysis) is 1. The highest BCUT2D eigenvalue weighted by Gasteiger charge is 2.23. The van der Waals surface area contributed by atoms with Crippen molar-refractivity contribution in [2.24, 2.45) is 5.92 Å². The van der Waals surface area contributed by atoms with E-state index in [2.05, 4.69) is 5.32 Å². The van der Waals surface area contributed by atoms with E-state index in [9.17, 15) is 9.59 Å². The van der Waals surface area contributed by atoms with Crippen LogP contribution in [0.1, 0.15) is 27.2 Å². The molecular formula is C11H20ClNO4. The number of ether oxygens (including phenoxy) is 2. The van der Waals surface area contributed by atoms with E-state index in [1.165, 1.54) is 0 Å². The van der Waals surface area contributed by atoms with Crippen LogP contribution in [0, 0.1) is 5.92 Å². The van der Waals surface area contributed by atoms with Gasteiger partial charge in [0.2, 0.25) is 0 Å². The number of rotatable bonds is 7. The van der Waals surface area contributed by atoms with Gasteiger partial charge in [0, 0.05) is 0 Å². The van der Waals surface area contributed by atoms with E-state index in [4.69, 9.17) is 21.1 Å². The first-order valence-corrected chi connectivity index (χ1v) is 6.20. The average molecular weight is 266 g/mol. The summed E-state index contributed by atoms with van der Waals surface area (Å²) in [6.45, 7) is 6.03. The second-order valence-corrected chi connectivity index (χ2v) is 4.28. The lowest BCUT2D eigenvalue weighted by Crippen LogP contribution is -2.43. The molecule has 0 aromatic carbocycles. The molecule has 17 heavy (non-hydrogen) atoms. The Labute approximate surface area is 107 Å². The van der Waals surface area contributed by atoms with Crippen LogP contribution in [0.15, 0.2) is 0 Å². The number of esters is 1. The minimum Gasteiger partial charge on any atom is -0.464 e. The van der Waals surface area contributed by atoms with E-state index in [-0.39, 0.29) is 25.0 Å². The van der Waals surface area contributed by atoms with Gasteiger partial charge in [0.25, 0.3) is 0 Å². The molecule has 0 radical (unpaired) electrons. The second-order valence-electron chi connectivity index (χ2n) is 3.90. The highest BCUT2D eigenvalue weighted by molar-refractivity contribution is 6.18. The van der Waals surface area contributed by atoms with Gasteiger partial charge in [0.15, 0.2) is 0 Å². The van der Waals surface area contributed by atoms with Crippen molar-refractivity contribution in [2.75, 3.05) is 19.1 Å². The Morgan fingerprint density at radius 3 is 2.41 bits per heavy atom. The maximum atomic E-state index is 11.6. The van der Waals surface area contributed by atoms with Crippen LogP contribution < -0.4 is 5.32 Å². The van der Waals surface area contributed by atoms with Crippen LogP contribution in [-0.2, 0) is 14.3 Å². The number of nitrogens with one attached hydrogen (secondary N) is 1. The first-order valence-electron chi connectivity index (χ1n) is 5.67. The Kier molecular flexibility index (Phi) is 8.58. The summed E-state index contributed by atoms with van der Waals surface area (Å²) in [5.41, 5.74) is 0. The van der Waals surface area contributed by atoms with Crippen molar-refractivity contribution in [3.05, 3.63) is 0 Å². The third kappa shape index (κ3) is 7.85. The Morgan fingerprint density at radius 1 is 1.29 bits per heavy atom. The number of alkyl halides is 1. The van der Waals surface area contributed by atoms with E-state index in [0.29, 0.717) is 6.42 Å². The zero-order valence-electron chi connectivity index (χ0n) is 10.5. The van der Waals surface area contributed by atoms with E-state index < -0.39 is 18.1 Å². The number of halogens is 1. The fourth-order valence-electron chi connectivity index (χ4n) is 1.24. The molecule has 0 rings (SSSR count). The monoisotopic (exact) mass is 265 g/mol. The van der Waals surface area contributed by atoms with Crippen molar-refractivity contribution in [1.29, 1.82) is 0 Å². The molecule has 1 atom stereocenters. The van der Waals surface area contributed by atoms with Gasteiger partial charge in [-0.15, -0.1) is 11.6 Å². The SMILES string of the molecule is CCOC(=O)C(CC(C)C)NC(=O)OCCCl. The molecule has 6 heteroatoms. The summed E-state index contributed by atoms with van der Waals surface area (Å²) in [4.78, 5) is 22.9. The van der Waals surface area contributed by atoms with Crippen LogP contribution in [-0.4, -0.2) is 37.2 Å². The lowest BCUT2D eigenvalue weighted by molar-refractivity contribution is -0.145. The van der Waals surface area contributed by atoms with Gasteiger partial charge in [-0.25, -0.2) is 9.59 Å². The largest absolute Gasteiger partial charge is 0.464 e. The van der Waals surface area contributed by atoms with Crippen LogP contribution in [0.25, 0.3) is 0 Å². The fourth-order valence-corrected chi connectivity index (χ4v) is 1.32. The number of hydrogen-bond acceptors (Lipinski definition) is 4. The Hall–Kier alpha value is -0.970. The molecule has 0 saturated carbocycles. The lowest BCUT2D eigenvalue weighted by Gasteiger charge is -2.18. The standard InChI is InChI=1S/C11H20ClNO4/c1-4-16-10(14)9(7-8(2)3)13-11(15)17-6-5-12/h8-9H,4-7H2,1-3H3,(H,13,15). The summed E-state index contributed by atoms with van der Waals surface area (Å²) in [7, 11) is 0. The average Bonchev–Trinajstić information content (AvgIpc) is 2.25. The third-order valence-corrected chi connectivity index (χ3v) is 2.03. The summed E-state index contributed by atoms with van der Waals surface area (Å²) in [6, 6.07) is -0.669. The van der Waals surface area contributed by atoms with Crippen molar-refractivity contribution in [3.8, 4) is 0 Å². The molecule has 0 aromatic heterocycles. The molecule has 0 saturated heterocycles. The predicted molar refractivity (Wildman–Crippen MR) is 65.1 cm³/mol. The van der Waals surface area contributed by atoms with Gasteiger partial charge >= 0.3 is 12.1 Å². The normalized spacial score (nSPS) is 12.1. The number of carbonyl (C=O) groups is 2. The van der Waals surface area contributed by atoms with E-state index in [1.54, 1.807) is 6.92 Å². The summed E-state index contributed by atoms with van der Waals surface area (Å²) >= 11 is 5.38. The molecule has 0 aromatic rings.